The number of carbonyl (C=O) groups excluding carboxylic acids is 2. The molecule has 3 rings (SSSR count). The third-order valence-electron chi connectivity index (χ3n) is 4.83. The molecular formula is C17H21FN2O3. The van der Waals surface area contributed by atoms with Crippen LogP contribution in [0, 0.1) is 11.7 Å². The average Bonchev–Trinajstić information content (AvgIpc) is 2.82. The van der Waals surface area contributed by atoms with Gasteiger partial charge in [0.2, 0.25) is 11.8 Å². The van der Waals surface area contributed by atoms with Crippen LogP contribution in [0.3, 0.4) is 0 Å². The molecule has 0 radical (unpaired) electrons. The molecular weight excluding hydrogens is 299 g/mol. The van der Waals surface area contributed by atoms with Gasteiger partial charge in [0.25, 0.3) is 0 Å². The molecule has 1 aromatic carbocycles. The molecule has 2 saturated heterocycles. The number of benzene rings is 1. The van der Waals surface area contributed by atoms with E-state index in [0.29, 0.717) is 18.7 Å². The normalized spacial score (nSPS) is 23.9. The van der Waals surface area contributed by atoms with E-state index >= 15 is 0 Å². The second-order valence-corrected chi connectivity index (χ2v) is 6.27. The molecule has 23 heavy (non-hydrogen) atoms. The molecule has 124 valence electrons. The van der Waals surface area contributed by atoms with Gasteiger partial charge in [-0.1, -0.05) is 6.07 Å². The maximum Gasteiger partial charge on any atom is 0.227 e. The van der Waals surface area contributed by atoms with E-state index in [1.807, 2.05) is 0 Å². The number of nitrogens with zero attached hydrogens (tertiary/aromatic N) is 2. The number of likely N-dealkylation sites (N-methyl/N-ethyl adjacent to an activating group) is 1. The van der Waals surface area contributed by atoms with Gasteiger partial charge in [0.1, 0.15) is 0 Å². The van der Waals surface area contributed by atoms with Crippen molar-refractivity contribution in [2.24, 2.45) is 5.92 Å². The van der Waals surface area contributed by atoms with Gasteiger partial charge in [-0.3, -0.25) is 9.59 Å². The second-order valence-electron chi connectivity index (χ2n) is 6.27. The minimum atomic E-state index is -0.468. The number of likely N-dealkylation sites (tertiary alicyclic amines) is 2. The van der Waals surface area contributed by atoms with Crippen molar-refractivity contribution in [3.8, 4) is 5.75 Å². The zero-order valence-corrected chi connectivity index (χ0v) is 13.4. The van der Waals surface area contributed by atoms with E-state index < -0.39 is 5.82 Å². The van der Waals surface area contributed by atoms with Crippen molar-refractivity contribution in [1.82, 2.24) is 9.80 Å². The lowest BCUT2D eigenvalue weighted by Crippen LogP contribution is -2.49. The summed E-state index contributed by atoms with van der Waals surface area (Å²) >= 11 is 0. The van der Waals surface area contributed by atoms with Crippen molar-refractivity contribution in [3.05, 3.63) is 29.6 Å². The molecule has 2 aliphatic heterocycles. The van der Waals surface area contributed by atoms with Crippen molar-refractivity contribution < 1.29 is 18.7 Å². The fraction of sp³-hybridized carbons (Fsp3) is 0.529. The lowest BCUT2D eigenvalue weighted by atomic mass is 9.91. The van der Waals surface area contributed by atoms with Gasteiger partial charge in [-0.2, -0.15) is 0 Å². The molecule has 1 aromatic rings. The van der Waals surface area contributed by atoms with Crippen molar-refractivity contribution in [1.29, 1.82) is 0 Å². The summed E-state index contributed by atoms with van der Waals surface area (Å²) in [6.07, 6.45) is 1.82. The number of rotatable bonds is 3. The van der Waals surface area contributed by atoms with E-state index in [4.69, 9.17) is 4.74 Å². The summed E-state index contributed by atoms with van der Waals surface area (Å²) in [5, 5.41) is 0. The highest BCUT2D eigenvalue weighted by molar-refractivity contribution is 5.85. The minimum absolute atomic E-state index is 0.0446. The largest absolute Gasteiger partial charge is 0.494 e. The Balaban J connectivity index is 1.73. The Morgan fingerprint density at radius 3 is 2.91 bits per heavy atom. The smallest absolute Gasteiger partial charge is 0.227 e. The number of hydrogen-bond donors (Lipinski definition) is 0. The third-order valence-corrected chi connectivity index (χ3v) is 4.83. The molecule has 2 amide bonds. The average molecular weight is 320 g/mol. The van der Waals surface area contributed by atoms with E-state index in [1.54, 1.807) is 22.9 Å². The van der Waals surface area contributed by atoms with Crippen LogP contribution in [0.1, 0.15) is 18.4 Å². The van der Waals surface area contributed by atoms with E-state index in [-0.39, 0.29) is 35.9 Å². The van der Waals surface area contributed by atoms with E-state index in [9.17, 15) is 14.0 Å². The van der Waals surface area contributed by atoms with Gasteiger partial charge in [-0.15, -0.1) is 0 Å². The first-order chi connectivity index (χ1) is 11.0. The molecule has 0 N–H and O–H groups in total. The number of ether oxygens (including phenoxy) is 1. The van der Waals surface area contributed by atoms with Gasteiger partial charge in [-0.25, -0.2) is 4.39 Å². The first-order valence-electron chi connectivity index (χ1n) is 7.88. The van der Waals surface area contributed by atoms with Crippen LogP contribution in [-0.4, -0.2) is 54.9 Å². The zero-order chi connectivity index (χ0) is 16.6. The molecule has 0 saturated carbocycles. The maximum absolute atomic E-state index is 13.8. The Kier molecular flexibility index (Phi) is 4.24. The molecule has 2 fully saturated rings. The monoisotopic (exact) mass is 320 g/mol. The van der Waals surface area contributed by atoms with E-state index in [2.05, 4.69) is 0 Å². The maximum atomic E-state index is 13.8. The summed E-state index contributed by atoms with van der Waals surface area (Å²) in [6, 6.07) is 4.53. The van der Waals surface area contributed by atoms with Gasteiger partial charge in [-0.05, 0) is 30.5 Å². The van der Waals surface area contributed by atoms with Gasteiger partial charge in [0.05, 0.1) is 25.5 Å². The van der Waals surface area contributed by atoms with Crippen LogP contribution in [0.25, 0.3) is 0 Å². The number of piperidine rings is 1. The van der Waals surface area contributed by atoms with Crippen LogP contribution in [0.5, 0.6) is 5.75 Å². The molecule has 0 bridgehead atoms. The number of carbonyl (C=O) groups is 2. The molecule has 0 spiro atoms. The molecule has 0 aliphatic carbocycles. The van der Waals surface area contributed by atoms with Gasteiger partial charge >= 0.3 is 0 Å². The van der Waals surface area contributed by atoms with Crippen LogP contribution in [0.4, 0.5) is 4.39 Å². The lowest BCUT2D eigenvalue weighted by molar-refractivity contribution is -0.136. The Bertz CT molecular complexity index is 634. The summed E-state index contributed by atoms with van der Waals surface area (Å²) in [4.78, 5) is 28.2. The second kappa shape index (κ2) is 6.18. The molecule has 5 nitrogen and oxygen atoms in total. The fourth-order valence-electron chi connectivity index (χ4n) is 3.63. The molecule has 6 heteroatoms. The van der Waals surface area contributed by atoms with Gasteiger partial charge in [0, 0.05) is 20.1 Å². The summed E-state index contributed by atoms with van der Waals surface area (Å²) in [5.41, 5.74) is 0.619. The highest BCUT2D eigenvalue weighted by atomic mass is 19.1. The number of hydrogen-bond acceptors (Lipinski definition) is 3. The standard InChI is InChI=1S/C17H21FN2O3/c1-19-10-14-12(17(19)22)4-3-7-20(14)16(21)9-11-5-6-15(23-2)13(18)8-11/h5-6,8,12,14H,3-4,7,9-10H2,1-2H3/t12-,14-/m1/s1. The van der Waals surface area contributed by atoms with Crippen molar-refractivity contribution >= 4 is 11.8 Å². The predicted octanol–water partition coefficient (Wildman–Crippen LogP) is 1.46. The number of methoxy groups -OCH3 is 1. The minimum Gasteiger partial charge on any atom is -0.494 e. The molecule has 0 unspecified atom stereocenters. The Hall–Kier alpha value is -2.11. The van der Waals surface area contributed by atoms with E-state index in [1.165, 1.54) is 19.2 Å². The van der Waals surface area contributed by atoms with Crippen LogP contribution in [-0.2, 0) is 16.0 Å². The zero-order valence-electron chi connectivity index (χ0n) is 13.4. The third kappa shape index (κ3) is 2.90. The first kappa shape index (κ1) is 15.8. The Morgan fingerprint density at radius 2 is 2.22 bits per heavy atom. The number of halogens is 1. The molecule has 2 atom stereocenters. The summed E-state index contributed by atoms with van der Waals surface area (Å²) in [7, 11) is 3.19. The van der Waals surface area contributed by atoms with Crippen LogP contribution in [0.2, 0.25) is 0 Å². The van der Waals surface area contributed by atoms with Crippen molar-refractivity contribution in [2.45, 2.75) is 25.3 Å². The molecule has 2 aliphatic rings. The SMILES string of the molecule is COc1ccc(CC(=O)N2CCC[C@H]3C(=O)N(C)C[C@H]32)cc1F. The van der Waals surface area contributed by atoms with Gasteiger partial charge in [0.15, 0.2) is 11.6 Å². The number of amides is 2. The van der Waals surface area contributed by atoms with Crippen LogP contribution < -0.4 is 4.74 Å². The highest BCUT2D eigenvalue weighted by Crippen LogP contribution is 2.31. The summed E-state index contributed by atoms with van der Waals surface area (Å²) in [5.74, 6) is -0.298. The highest BCUT2D eigenvalue weighted by Gasteiger charge is 2.45. The van der Waals surface area contributed by atoms with Crippen molar-refractivity contribution in [2.75, 3.05) is 27.2 Å². The topological polar surface area (TPSA) is 49.9 Å². The fourth-order valence-corrected chi connectivity index (χ4v) is 3.63. The summed E-state index contributed by atoms with van der Waals surface area (Å²) in [6.45, 7) is 1.26. The molecule has 2 heterocycles. The van der Waals surface area contributed by atoms with Crippen molar-refractivity contribution in [3.63, 3.8) is 0 Å². The van der Waals surface area contributed by atoms with E-state index in [0.717, 1.165) is 12.8 Å². The van der Waals surface area contributed by atoms with Crippen LogP contribution >= 0.6 is 0 Å². The van der Waals surface area contributed by atoms with Gasteiger partial charge < -0.3 is 14.5 Å². The molecule has 0 aromatic heterocycles. The lowest BCUT2D eigenvalue weighted by Gasteiger charge is -2.36. The summed E-state index contributed by atoms with van der Waals surface area (Å²) < 4.78 is 18.6. The Labute approximate surface area is 135 Å². The van der Waals surface area contributed by atoms with Crippen LogP contribution in [0.15, 0.2) is 18.2 Å². The quantitative estimate of drug-likeness (QED) is 0.847. The first-order valence-corrected chi connectivity index (χ1v) is 7.88. The number of fused-ring (bicyclic) bond motifs is 1. The predicted molar refractivity (Wildman–Crippen MR) is 82.5 cm³/mol. The Morgan fingerprint density at radius 1 is 1.43 bits per heavy atom.